The summed E-state index contributed by atoms with van der Waals surface area (Å²) >= 11 is 0. The predicted molar refractivity (Wildman–Crippen MR) is 53.9 cm³/mol. The van der Waals surface area contributed by atoms with Crippen LogP contribution in [0.2, 0.25) is 0 Å². The number of nitrogens with zero attached hydrogens (tertiary/aromatic N) is 2. The van der Waals surface area contributed by atoms with Crippen molar-refractivity contribution in [3.05, 3.63) is 24.2 Å². The van der Waals surface area contributed by atoms with Crippen molar-refractivity contribution < 1.29 is 31.9 Å². The molecule has 1 atom stereocenters. The molecule has 0 spiro atoms. The van der Waals surface area contributed by atoms with Gasteiger partial charge in [0.25, 0.3) is 12.9 Å². The average molecular weight is 280 g/mol. The van der Waals surface area contributed by atoms with Crippen LogP contribution < -0.4 is 0 Å². The number of aliphatic hydroxyl groups is 1. The van der Waals surface area contributed by atoms with E-state index < -0.39 is 42.4 Å². The van der Waals surface area contributed by atoms with E-state index >= 15 is 0 Å². The smallest absolute Gasteiger partial charge is 0.312 e. The van der Waals surface area contributed by atoms with E-state index in [1.165, 1.54) is 6.07 Å². The molecule has 0 saturated carbocycles. The molecule has 1 aliphatic heterocycles. The minimum absolute atomic E-state index is 0.0575. The van der Waals surface area contributed by atoms with Crippen molar-refractivity contribution in [1.29, 1.82) is 0 Å². The summed E-state index contributed by atoms with van der Waals surface area (Å²) in [7, 11) is 0. The second kappa shape index (κ2) is 4.65. The quantitative estimate of drug-likeness (QED) is 0.857. The Morgan fingerprint density at radius 3 is 2.63 bits per heavy atom. The van der Waals surface area contributed by atoms with Gasteiger partial charge in [0.2, 0.25) is 5.72 Å². The number of alkyl halides is 4. The fraction of sp³-hybridized carbons (Fsp3) is 0.400. The number of carbonyl (C=O) groups excluding carboxylic acids is 1. The summed E-state index contributed by atoms with van der Waals surface area (Å²) in [4.78, 5) is 11.8. The van der Waals surface area contributed by atoms with E-state index in [1.54, 1.807) is 0 Å². The molecule has 1 amide bonds. The molecule has 0 radical (unpaired) electrons. The molecular weight excluding hydrogens is 272 g/mol. The fourth-order valence-electron chi connectivity index (χ4n) is 1.61. The van der Waals surface area contributed by atoms with E-state index in [1.807, 2.05) is 0 Å². The molecule has 104 valence electrons. The van der Waals surface area contributed by atoms with Gasteiger partial charge in [0.1, 0.15) is 5.71 Å². The number of furan rings is 1. The first kappa shape index (κ1) is 13.5. The molecule has 5 nitrogen and oxygen atoms in total. The van der Waals surface area contributed by atoms with Crippen molar-refractivity contribution in [2.45, 2.75) is 25.0 Å². The number of hydrogen-bond acceptors (Lipinski definition) is 4. The van der Waals surface area contributed by atoms with Gasteiger partial charge in [-0.1, -0.05) is 0 Å². The van der Waals surface area contributed by atoms with Gasteiger partial charge in [0, 0.05) is 6.42 Å². The number of carbonyl (C=O) groups is 1. The molecule has 0 bridgehead atoms. The van der Waals surface area contributed by atoms with E-state index in [0.29, 0.717) is 0 Å². The largest absolute Gasteiger partial charge is 0.459 e. The average Bonchev–Trinajstić information content (AvgIpc) is 2.95. The summed E-state index contributed by atoms with van der Waals surface area (Å²) in [6.45, 7) is 0. The highest BCUT2D eigenvalue weighted by atomic mass is 19.3. The van der Waals surface area contributed by atoms with Gasteiger partial charge >= 0.3 is 5.91 Å². The summed E-state index contributed by atoms with van der Waals surface area (Å²) in [5, 5.41) is 12.7. The Bertz CT molecular complexity index is 503. The first-order valence-electron chi connectivity index (χ1n) is 5.10. The Kier molecular flexibility index (Phi) is 3.31. The number of halogens is 4. The highest BCUT2D eigenvalue weighted by molar-refractivity contribution is 5.97. The van der Waals surface area contributed by atoms with Crippen LogP contribution in [0.5, 0.6) is 0 Å². The SMILES string of the molecule is O=C(c1ccco1)N1N=C(C(F)F)CC1(O)C(F)F. The zero-order chi connectivity index (χ0) is 14.2. The van der Waals surface area contributed by atoms with E-state index in [-0.39, 0.29) is 5.01 Å². The van der Waals surface area contributed by atoms with Crippen LogP contribution >= 0.6 is 0 Å². The van der Waals surface area contributed by atoms with Crippen LogP contribution in [0.25, 0.3) is 0 Å². The van der Waals surface area contributed by atoms with Gasteiger partial charge in [0.15, 0.2) is 5.76 Å². The van der Waals surface area contributed by atoms with E-state index in [0.717, 1.165) is 12.3 Å². The van der Waals surface area contributed by atoms with Crippen LogP contribution in [0.1, 0.15) is 17.0 Å². The third kappa shape index (κ3) is 2.21. The Hall–Kier alpha value is -1.90. The molecule has 1 N–H and O–H groups in total. The number of hydrazone groups is 1. The van der Waals surface area contributed by atoms with Crippen molar-refractivity contribution in [3.8, 4) is 0 Å². The van der Waals surface area contributed by atoms with Crippen LogP contribution in [0.15, 0.2) is 27.9 Å². The summed E-state index contributed by atoms with van der Waals surface area (Å²) in [6, 6.07) is 2.45. The van der Waals surface area contributed by atoms with Gasteiger partial charge in [-0.15, -0.1) is 0 Å². The van der Waals surface area contributed by atoms with Crippen LogP contribution in [-0.4, -0.2) is 40.3 Å². The van der Waals surface area contributed by atoms with Gasteiger partial charge in [-0.2, -0.15) is 10.1 Å². The summed E-state index contributed by atoms with van der Waals surface area (Å²) in [5.74, 6) is -1.61. The van der Waals surface area contributed by atoms with Crippen molar-refractivity contribution in [2.75, 3.05) is 0 Å². The lowest BCUT2D eigenvalue weighted by Gasteiger charge is -2.29. The van der Waals surface area contributed by atoms with Gasteiger partial charge < -0.3 is 9.52 Å². The molecule has 0 saturated heterocycles. The Morgan fingerprint density at radius 1 is 1.47 bits per heavy atom. The van der Waals surface area contributed by atoms with Gasteiger partial charge in [0.05, 0.1) is 6.26 Å². The van der Waals surface area contributed by atoms with Gasteiger partial charge in [-0.05, 0) is 12.1 Å². The molecule has 1 aromatic heterocycles. The lowest BCUT2D eigenvalue weighted by Crippen LogP contribution is -2.51. The van der Waals surface area contributed by atoms with Crippen LogP contribution in [0.4, 0.5) is 17.6 Å². The highest BCUT2D eigenvalue weighted by Gasteiger charge is 2.53. The minimum atomic E-state index is -3.45. The van der Waals surface area contributed by atoms with Crippen molar-refractivity contribution >= 4 is 11.6 Å². The molecule has 0 aliphatic carbocycles. The maximum absolute atomic E-state index is 12.8. The zero-order valence-corrected chi connectivity index (χ0v) is 9.26. The second-order valence-electron chi connectivity index (χ2n) is 3.84. The lowest BCUT2D eigenvalue weighted by atomic mass is 10.1. The van der Waals surface area contributed by atoms with Crippen molar-refractivity contribution in [3.63, 3.8) is 0 Å². The Labute approximate surface area is 104 Å². The maximum atomic E-state index is 12.8. The fourth-order valence-corrected chi connectivity index (χ4v) is 1.61. The molecule has 0 aromatic carbocycles. The van der Waals surface area contributed by atoms with E-state index in [9.17, 15) is 27.5 Å². The highest BCUT2D eigenvalue weighted by Crippen LogP contribution is 2.34. The third-order valence-electron chi connectivity index (χ3n) is 2.56. The Morgan fingerprint density at radius 2 is 2.16 bits per heavy atom. The van der Waals surface area contributed by atoms with E-state index in [4.69, 9.17) is 0 Å². The molecular formula is C10H8F4N2O3. The Balaban J connectivity index is 2.36. The molecule has 9 heteroatoms. The molecule has 2 heterocycles. The molecule has 0 fully saturated rings. The summed E-state index contributed by atoms with van der Waals surface area (Å²) in [6.07, 6.45) is -6.61. The minimum Gasteiger partial charge on any atom is -0.459 e. The van der Waals surface area contributed by atoms with Crippen molar-refractivity contribution in [2.24, 2.45) is 5.10 Å². The first-order chi connectivity index (χ1) is 8.86. The predicted octanol–water partition coefficient (Wildman–Crippen LogP) is 1.70. The molecule has 19 heavy (non-hydrogen) atoms. The van der Waals surface area contributed by atoms with Crippen molar-refractivity contribution in [1.82, 2.24) is 5.01 Å². The molecule has 2 rings (SSSR count). The van der Waals surface area contributed by atoms with Crippen LogP contribution in [0.3, 0.4) is 0 Å². The number of rotatable bonds is 3. The topological polar surface area (TPSA) is 66.0 Å². The maximum Gasteiger partial charge on any atom is 0.312 e. The van der Waals surface area contributed by atoms with E-state index in [2.05, 4.69) is 9.52 Å². The van der Waals surface area contributed by atoms with Gasteiger partial charge in [-0.25, -0.2) is 17.6 Å². The van der Waals surface area contributed by atoms with Crippen LogP contribution in [-0.2, 0) is 0 Å². The normalized spacial score (nSPS) is 23.3. The monoisotopic (exact) mass is 280 g/mol. The van der Waals surface area contributed by atoms with Gasteiger partial charge in [-0.3, -0.25) is 4.79 Å². The first-order valence-corrected chi connectivity index (χ1v) is 5.10. The lowest BCUT2D eigenvalue weighted by molar-refractivity contribution is -0.164. The third-order valence-corrected chi connectivity index (χ3v) is 2.56. The number of amides is 1. The standard InChI is InChI=1S/C10H8F4N2O3/c11-7(12)5-4-10(18,9(13)14)16(15-5)8(17)6-2-1-3-19-6/h1-3,7,9,18H,4H2. The summed E-state index contributed by atoms with van der Waals surface area (Å²) in [5.41, 5.74) is -4.07. The summed E-state index contributed by atoms with van der Waals surface area (Å²) < 4.78 is 55.3. The molecule has 1 aromatic rings. The second-order valence-corrected chi connectivity index (χ2v) is 3.84. The number of hydrogen-bond donors (Lipinski definition) is 1. The zero-order valence-electron chi connectivity index (χ0n) is 9.26. The molecule has 1 unspecified atom stereocenters. The van der Waals surface area contributed by atoms with Crippen LogP contribution in [0, 0.1) is 0 Å². The molecule has 1 aliphatic rings.